The van der Waals surface area contributed by atoms with Gasteiger partial charge in [0, 0.05) is 19.1 Å². The lowest BCUT2D eigenvalue weighted by molar-refractivity contribution is 0.105. The minimum absolute atomic E-state index is 0. The van der Waals surface area contributed by atoms with E-state index in [1.807, 2.05) is 0 Å². The van der Waals surface area contributed by atoms with Gasteiger partial charge in [0.15, 0.2) is 5.82 Å². The molecule has 1 aromatic carbocycles. The fourth-order valence-electron chi connectivity index (χ4n) is 3.17. The summed E-state index contributed by atoms with van der Waals surface area (Å²) in [6.07, 6.45) is 2.44. The summed E-state index contributed by atoms with van der Waals surface area (Å²) in [6, 6.07) is 11.2. The number of hydrogen-bond acceptors (Lipinski definition) is 6. The van der Waals surface area contributed by atoms with Crippen molar-refractivity contribution in [3.63, 3.8) is 0 Å². The van der Waals surface area contributed by atoms with Crippen molar-refractivity contribution < 1.29 is 4.52 Å². The maximum Gasteiger partial charge on any atom is 0.240 e. The van der Waals surface area contributed by atoms with Gasteiger partial charge in [-0.3, -0.25) is 9.80 Å². The molecule has 0 spiro atoms. The zero-order valence-corrected chi connectivity index (χ0v) is 16.1. The van der Waals surface area contributed by atoms with E-state index in [-0.39, 0.29) is 24.8 Å². The third-order valence-corrected chi connectivity index (χ3v) is 4.43. The Morgan fingerprint density at radius 2 is 2.04 bits per heavy atom. The Kier molecular flexibility index (Phi) is 9.38. The number of aromatic nitrogens is 2. The molecule has 1 aromatic heterocycles. The van der Waals surface area contributed by atoms with Crippen molar-refractivity contribution in [2.24, 2.45) is 5.73 Å². The fraction of sp³-hybridized carbons (Fsp3) is 0.529. The quantitative estimate of drug-likeness (QED) is 0.820. The van der Waals surface area contributed by atoms with Crippen molar-refractivity contribution in [3.8, 4) is 0 Å². The number of likely N-dealkylation sites (tertiary alicyclic amines) is 1. The van der Waals surface area contributed by atoms with Gasteiger partial charge in [0.25, 0.3) is 0 Å². The Labute approximate surface area is 161 Å². The van der Waals surface area contributed by atoms with Crippen molar-refractivity contribution in [2.45, 2.75) is 38.5 Å². The first kappa shape index (κ1) is 21.9. The van der Waals surface area contributed by atoms with Crippen LogP contribution in [0.5, 0.6) is 0 Å². The second kappa shape index (κ2) is 10.7. The van der Waals surface area contributed by atoms with Gasteiger partial charge in [0.1, 0.15) is 0 Å². The van der Waals surface area contributed by atoms with E-state index in [1.165, 1.54) is 24.9 Å². The number of halogens is 2. The number of rotatable bonds is 6. The van der Waals surface area contributed by atoms with Crippen LogP contribution in [-0.4, -0.2) is 46.1 Å². The Morgan fingerprint density at radius 1 is 1.28 bits per heavy atom. The lowest BCUT2D eigenvalue weighted by atomic mass is 10.0. The molecule has 0 bridgehead atoms. The lowest BCUT2D eigenvalue weighted by Gasteiger charge is -2.37. The molecule has 1 saturated heterocycles. The van der Waals surface area contributed by atoms with Crippen LogP contribution in [0.2, 0.25) is 0 Å². The van der Waals surface area contributed by atoms with Gasteiger partial charge in [-0.25, -0.2) is 0 Å². The second-order valence-electron chi connectivity index (χ2n) is 6.24. The summed E-state index contributed by atoms with van der Waals surface area (Å²) in [5.41, 5.74) is 6.89. The smallest absolute Gasteiger partial charge is 0.240 e. The van der Waals surface area contributed by atoms with Crippen LogP contribution in [0.3, 0.4) is 0 Å². The molecule has 1 fully saturated rings. The minimum Gasteiger partial charge on any atom is -0.338 e. The largest absolute Gasteiger partial charge is 0.338 e. The fourth-order valence-corrected chi connectivity index (χ4v) is 3.17. The zero-order valence-electron chi connectivity index (χ0n) is 14.5. The van der Waals surface area contributed by atoms with Crippen molar-refractivity contribution in [2.75, 3.05) is 20.1 Å². The Morgan fingerprint density at radius 3 is 2.72 bits per heavy atom. The first-order valence-corrected chi connectivity index (χ1v) is 8.22. The van der Waals surface area contributed by atoms with Gasteiger partial charge >= 0.3 is 0 Å². The van der Waals surface area contributed by atoms with E-state index in [0.717, 1.165) is 13.1 Å². The molecular formula is C17H27Cl2N5O. The van der Waals surface area contributed by atoms with E-state index < -0.39 is 0 Å². The number of benzene rings is 1. The molecule has 1 aliphatic heterocycles. The van der Waals surface area contributed by atoms with Crippen molar-refractivity contribution >= 4 is 24.8 Å². The van der Waals surface area contributed by atoms with Crippen molar-refractivity contribution in [3.05, 3.63) is 47.6 Å². The Hall–Kier alpha value is -1.18. The van der Waals surface area contributed by atoms with Crippen LogP contribution in [0.4, 0.5) is 0 Å². The van der Waals surface area contributed by atoms with Crippen LogP contribution in [-0.2, 0) is 19.6 Å². The highest BCUT2D eigenvalue weighted by Gasteiger charge is 2.24. The molecule has 140 valence electrons. The Bertz CT molecular complexity index is 610. The van der Waals surface area contributed by atoms with Crippen molar-refractivity contribution in [1.29, 1.82) is 0 Å². The normalized spacial score (nSPS) is 17.8. The number of piperidine rings is 1. The summed E-state index contributed by atoms with van der Waals surface area (Å²) in [5, 5.41) is 3.99. The molecule has 8 heteroatoms. The van der Waals surface area contributed by atoms with E-state index in [1.54, 1.807) is 0 Å². The van der Waals surface area contributed by atoms with E-state index in [2.05, 4.69) is 57.3 Å². The van der Waals surface area contributed by atoms with E-state index in [0.29, 0.717) is 30.8 Å². The molecular weight excluding hydrogens is 361 g/mol. The molecule has 0 amide bonds. The van der Waals surface area contributed by atoms with E-state index in [4.69, 9.17) is 10.3 Å². The molecule has 0 saturated carbocycles. The average Bonchev–Trinajstić information content (AvgIpc) is 3.03. The van der Waals surface area contributed by atoms with Gasteiger partial charge in [-0.1, -0.05) is 35.5 Å². The van der Waals surface area contributed by atoms with Crippen LogP contribution in [0, 0.1) is 0 Å². The van der Waals surface area contributed by atoms with Crippen LogP contribution >= 0.6 is 24.8 Å². The third-order valence-electron chi connectivity index (χ3n) is 4.43. The molecule has 1 atom stereocenters. The van der Waals surface area contributed by atoms with Gasteiger partial charge in [-0.2, -0.15) is 4.98 Å². The van der Waals surface area contributed by atoms with E-state index >= 15 is 0 Å². The molecule has 1 aliphatic rings. The number of nitrogens with zero attached hydrogens (tertiary/aromatic N) is 4. The summed E-state index contributed by atoms with van der Waals surface area (Å²) >= 11 is 0. The monoisotopic (exact) mass is 387 g/mol. The van der Waals surface area contributed by atoms with Gasteiger partial charge in [0.05, 0.1) is 13.1 Å². The minimum atomic E-state index is 0. The van der Waals surface area contributed by atoms with Crippen LogP contribution in [0.1, 0.15) is 30.1 Å². The molecule has 2 N–H and O–H groups in total. The molecule has 25 heavy (non-hydrogen) atoms. The summed E-state index contributed by atoms with van der Waals surface area (Å²) in [4.78, 5) is 9.14. The van der Waals surface area contributed by atoms with Gasteiger partial charge < -0.3 is 10.3 Å². The maximum absolute atomic E-state index is 5.51. The second-order valence-corrected chi connectivity index (χ2v) is 6.24. The van der Waals surface area contributed by atoms with Crippen LogP contribution < -0.4 is 5.73 Å². The van der Waals surface area contributed by atoms with Gasteiger partial charge in [-0.15, -0.1) is 24.8 Å². The molecule has 2 heterocycles. The predicted molar refractivity (Wildman–Crippen MR) is 103 cm³/mol. The number of hydrogen-bond donors (Lipinski definition) is 1. The standard InChI is InChI=1S/C17H25N5O.2ClH/c1-21(13-16-19-17(10-18)23-20-16)15-8-5-9-22(12-15)11-14-6-3-2-4-7-14;;/h2-4,6-7,15H,5,8-13,18H2,1H3;2*1H. The molecule has 0 aliphatic carbocycles. The van der Waals surface area contributed by atoms with Crippen molar-refractivity contribution in [1.82, 2.24) is 19.9 Å². The molecule has 3 rings (SSSR count). The summed E-state index contributed by atoms with van der Waals surface area (Å²) in [6.45, 7) is 4.26. The highest BCUT2D eigenvalue weighted by atomic mass is 35.5. The summed E-state index contributed by atoms with van der Waals surface area (Å²) in [5.74, 6) is 1.22. The molecule has 1 unspecified atom stereocenters. The first-order chi connectivity index (χ1) is 11.2. The zero-order chi connectivity index (χ0) is 16.1. The number of likely N-dealkylation sites (N-methyl/N-ethyl adjacent to an activating group) is 1. The maximum atomic E-state index is 5.51. The topological polar surface area (TPSA) is 71.4 Å². The Balaban J connectivity index is 0.00000156. The summed E-state index contributed by atoms with van der Waals surface area (Å²) < 4.78 is 5.08. The predicted octanol–water partition coefficient (Wildman–Crippen LogP) is 2.47. The third kappa shape index (κ3) is 6.24. The highest BCUT2D eigenvalue weighted by molar-refractivity contribution is 5.85. The SMILES string of the molecule is CN(Cc1noc(CN)n1)C1CCCN(Cc2ccccc2)C1.Cl.Cl. The number of nitrogens with two attached hydrogens (primary N) is 1. The lowest BCUT2D eigenvalue weighted by Crippen LogP contribution is -2.45. The first-order valence-electron chi connectivity index (χ1n) is 8.22. The summed E-state index contributed by atoms with van der Waals surface area (Å²) in [7, 11) is 2.13. The average molecular weight is 388 g/mol. The van der Waals surface area contributed by atoms with Gasteiger partial charge in [-0.05, 0) is 32.0 Å². The van der Waals surface area contributed by atoms with Crippen LogP contribution in [0.25, 0.3) is 0 Å². The molecule has 2 aromatic rings. The molecule has 6 nitrogen and oxygen atoms in total. The molecule has 0 radical (unpaired) electrons. The highest BCUT2D eigenvalue weighted by Crippen LogP contribution is 2.18. The van der Waals surface area contributed by atoms with Gasteiger partial charge in [0.2, 0.25) is 5.89 Å². The van der Waals surface area contributed by atoms with E-state index in [9.17, 15) is 0 Å². The van der Waals surface area contributed by atoms with Crippen LogP contribution in [0.15, 0.2) is 34.9 Å².